The average molecular weight is 209 g/mol. The topological polar surface area (TPSA) is 29.9 Å². The molecule has 0 amide bonds. The highest BCUT2D eigenvalue weighted by atomic mass is 15.1. The quantitative estimate of drug-likeness (QED) is 0.824. The Bertz CT molecular complexity index is 270. The molecule has 1 heterocycles. The Hall–Kier alpha value is -0.830. The molecule has 0 saturated carbocycles. The summed E-state index contributed by atoms with van der Waals surface area (Å²) in [6, 6.07) is 0.976. The molecule has 1 atom stereocenters. The van der Waals surface area contributed by atoms with Gasteiger partial charge in [0.2, 0.25) is 0 Å². The molecule has 0 aliphatic rings. The maximum Gasteiger partial charge on any atom is 0.0946 e. The summed E-state index contributed by atoms with van der Waals surface area (Å²) in [7, 11) is 0. The van der Waals surface area contributed by atoms with Crippen molar-refractivity contribution >= 4 is 0 Å². The van der Waals surface area contributed by atoms with Gasteiger partial charge in [0.05, 0.1) is 6.33 Å². The van der Waals surface area contributed by atoms with E-state index in [1.54, 1.807) is 0 Å². The lowest BCUT2D eigenvalue weighted by Gasteiger charge is -2.33. The standard InChI is InChI=1S/C12H23N3/c1-10(2)14-11(12(3,4)5)8-15-7-6-13-9-15/h6-7,9-11,14H,8H2,1-5H3. The molecule has 0 saturated heterocycles. The normalized spacial score (nSPS) is 14.5. The van der Waals surface area contributed by atoms with Crippen LogP contribution in [0.4, 0.5) is 0 Å². The molecule has 1 aromatic heterocycles. The fraction of sp³-hybridized carbons (Fsp3) is 0.750. The average Bonchev–Trinajstić information content (AvgIpc) is 2.53. The third kappa shape index (κ3) is 4.04. The Balaban J connectivity index is 2.65. The van der Waals surface area contributed by atoms with Crippen molar-refractivity contribution in [1.29, 1.82) is 0 Å². The van der Waals surface area contributed by atoms with E-state index < -0.39 is 0 Å². The third-order valence-corrected chi connectivity index (χ3v) is 2.53. The molecule has 1 rings (SSSR count). The summed E-state index contributed by atoms with van der Waals surface area (Å²) in [6.07, 6.45) is 5.72. The summed E-state index contributed by atoms with van der Waals surface area (Å²) in [5, 5.41) is 3.61. The van der Waals surface area contributed by atoms with Crippen LogP contribution in [0.15, 0.2) is 18.7 Å². The van der Waals surface area contributed by atoms with Gasteiger partial charge in [0.1, 0.15) is 0 Å². The van der Waals surface area contributed by atoms with E-state index in [9.17, 15) is 0 Å². The molecule has 1 N–H and O–H groups in total. The van der Waals surface area contributed by atoms with Gasteiger partial charge in [-0.2, -0.15) is 0 Å². The molecular weight excluding hydrogens is 186 g/mol. The van der Waals surface area contributed by atoms with Crippen molar-refractivity contribution in [3.05, 3.63) is 18.7 Å². The van der Waals surface area contributed by atoms with Gasteiger partial charge in [-0.25, -0.2) is 4.98 Å². The minimum atomic E-state index is 0.258. The number of imidazole rings is 1. The maximum atomic E-state index is 4.07. The lowest BCUT2D eigenvalue weighted by Crippen LogP contribution is -2.46. The van der Waals surface area contributed by atoms with Crippen LogP contribution in [0.3, 0.4) is 0 Å². The van der Waals surface area contributed by atoms with Crippen molar-refractivity contribution in [3.63, 3.8) is 0 Å². The van der Waals surface area contributed by atoms with Gasteiger partial charge in [-0.05, 0) is 5.41 Å². The maximum absolute atomic E-state index is 4.07. The first kappa shape index (κ1) is 12.2. The minimum Gasteiger partial charge on any atom is -0.336 e. The summed E-state index contributed by atoms with van der Waals surface area (Å²) >= 11 is 0. The summed E-state index contributed by atoms with van der Waals surface area (Å²) in [6.45, 7) is 12.2. The predicted molar refractivity (Wildman–Crippen MR) is 63.7 cm³/mol. The second-order valence-corrected chi connectivity index (χ2v) is 5.50. The van der Waals surface area contributed by atoms with Gasteiger partial charge < -0.3 is 9.88 Å². The van der Waals surface area contributed by atoms with Gasteiger partial charge >= 0.3 is 0 Å². The second kappa shape index (κ2) is 4.79. The van der Waals surface area contributed by atoms with Crippen LogP contribution in [0.1, 0.15) is 34.6 Å². The molecule has 0 bridgehead atoms. The highest BCUT2D eigenvalue weighted by molar-refractivity contribution is 4.85. The SMILES string of the molecule is CC(C)NC(Cn1ccnc1)C(C)(C)C. The van der Waals surface area contributed by atoms with Gasteiger partial charge in [-0.15, -0.1) is 0 Å². The van der Waals surface area contributed by atoms with Crippen LogP contribution in [0, 0.1) is 5.41 Å². The van der Waals surface area contributed by atoms with Crippen LogP contribution in [-0.2, 0) is 6.54 Å². The zero-order valence-electron chi connectivity index (χ0n) is 10.5. The summed E-state index contributed by atoms with van der Waals surface area (Å²) in [5.41, 5.74) is 0.258. The van der Waals surface area contributed by atoms with Crippen molar-refractivity contribution in [1.82, 2.24) is 14.9 Å². The molecule has 3 heteroatoms. The number of aromatic nitrogens is 2. The van der Waals surface area contributed by atoms with E-state index in [1.807, 2.05) is 18.7 Å². The first-order valence-corrected chi connectivity index (χ1v) is 5.61. The van der Waals surface area contributed by atoms with Crippen molar-refractivity contribution in [2.75, 3.05) is 0 Å². The van der Waals surface area contributed by atoms with E-state index >= 15 is 0 Å². The second-order valence-electron chi connectivity index (χ2n) is 5.50. The van der Waals surface area contributed by atoms with Crippen LogP contribution in [0.2, 0.25) is 0 Å². The monoisotopic (exact) mass is 209 g/mol. The number of hydrogen-bond acceptors (Lipinski definition) is 2. The number of nitrogens with one attached hydrogen (secondary N) is 1. The van der Waals surface area contributed by atoms with Gasteiger partial charge in [0, 0.05) is 31.0 Å². The fourth-order valence-electron chi connectivity index (χ4n) is 1.58. The van der Waals surface area contributed by atoms with Crippen LogP contribution >= 0.6 is 0 Å². The van der Waals surface area contributed by atoms with E-state index in [4.69, 9.17) is 0 Å². The van der Waals surface area contributed by atoms with Gasteiger partial charge in [-0.1, -0.05) is 34.6 Å². The molecule has 15 heavy (non-hydrogen) atoms. The minimum absolute atomic E-state index is 0.258. The zero-order chi connectivity index (χ0) is 11.5. The molecule has 0 radical (unpaired) electrons. The predicted octanol–water partition coefficient (Wildman–Crippen LogP) is 2.30. The first-order valence-electron chi connectivity index (χ1n) is 5.61. The van der Waals surface area contributed by atoms with E-state index in [1.165, 1.54) is 0 Å². The zero-order valence-corrected chi connectivity index (χ0v) is 10.5. The smallest absolute Gasteiger partial charge is 0.0946 e. The fourth-order valence-corrected chi connectivity index (χ4v) is 1.58. The highest BCUT2D eigenvalue weighted by Crippen LogP contribution is 2.21. The number of rotatable bonds is 4. The highest BCUT2D eigenvalue weighted by Gasteiger charge is 2.24. The Labute approximate surface area is 92.9 Å². The van der Waals surface area contributed by atoms with Crippen LogP contribution in [0.5, 0.6) is 0 Å². The Morgan fingerprint density at radius 3 is 2.40 bits per heavy atom. The largest absolute Gasteiger partial charge is 0.336 e. The molecule has 0 aliphatic heterocycles. The molecule has 0 spiro atoms. The van der Waals surface area contributed by atoms with E-state index in [-0.39, 0.29) is 5.41 Å². The molecule has 0 aliphatic carbocycles. The Morgan fingerprint density at radius 1 is 1.33 bits per heavy atom. The molecule has 3 nitrogen and oxygen atoms in total. The van der Waals surface area contributed by atoms with E-state index in [0.29, 0.717) is 12.1 Å². The van der Waals surface area contributed by atoms with Crippen molar-refractivity contribution in [2.45, 2.75) is 53.2 Å². The van der Waals surface area contributed by atoms with E-state index in [2.05, 4.69) is 49.5 Å². The molecule has 0 aromatic carbocycles. The molecular formula is C12H23N3. The lowest BCUT2D eigenvalue weighted by molar-refractivity contribution is 0.229. The molecule has 1 unspecified atom stereocenters. The Kier molecular flexibility index (Phi) is 3.91. The number of hydrogen-bond donors (Lipinski definition) is 1. The van der Waals surface area contributed by atoms with Gasteiger partial charge in [0.15, 0.2) is 0 Å². The molecule has 1 aromatic rings. The van der Waals surface area contributed by atoms with Gasteiger partial charge in [0.25, 0.3) is 0 Å². The third-order valence-electron chi connectivity index (χ3n) is 2.53. The molecule has 0 fully saturated rings. The van der Waals surface area contributed by atoms with Crippen LogP contribution in [0.25, 0.3) is 0 Å². The lowest BCUT2D eigenvalue weighted by atomic mass is 9.86. The van der Waals surface area contributed by atoms with Crippen molar-refractivity contribution < 1.29 is 0 Å². The van der Waals surface area contributed by atoms with Gasteiger partial charge in [-0.3, -0.25) is 0 Å². The molecule has 86 valence electrons. The summed E-state index contributed by atoms with van der Waals surface area (Å²) in [5.74, 6) is 0. The van der Waals surface area contributed by atoms with Crippen molar-refractivity contribution in [3.8, 4) is 0 Å². The summed E-state index contributed by atoms with van der Waals surface area (Å²) < 4.78 is 2.13. The van der Waals surface area contributed by atoms with Crippen LogP contribution < -0.4 is 5.32 Å². The van der Waals surface area contributed by atoms with Crippen molar-refractivity contribution in [2.24, 2.45) is 5.41 Å². The first-order chi connectivity index (χ1) is 6.89. The van der Waals surface area contributed by atoms with E-state index in [0.717, 1.165) is 6.54 Å². The number of nitrogens with zero attached hydrogens (tertiary/aromatic N) is 2. The Morgan fingerprint density at radius 2 is 2.00 bits per heavy atom. The summed E-state index contributed by atoms with van der Waals surface area (Å²) in [4.78, 5) is 4.07. The van der Waals surface area contributed by atoms with Crippen LogP contribution in [-0.4, -0.2) is 21.6 Å².